The molecule has 4 heteroatoms. The first-order valence-corrected chi connectivity index (χ1v) is 20.1. The van der Waals surface area contributed by atoms with Crippen molar-refractivity contribution in [3.63, 3.8) is 0 Å². The van der Waals surface area contributed by atoms with E-state index in [1.54, 1.807) is 0 Å². The van der Waals surface area contributed by atoms with Crippen molar-refractivity contribution in [2.75, 3.05) is 0 Å². The molecule has 0 aliphatic carbocycles. The molecule has 10 aromatic carbocycles. The Labute approximate surface area is 332 Å². The van der Waals surface area contributed by atoms with Crippen LogP contribution in [0.2, 0.25) is 0 Å². The number of hydrogen-bond acceptors (Lipinski definition) is 4. The third-order valence-corrected chi connectivity index (χ3v) is 12.7. The summed E-state index contributed by atoms with van der Waals surface area (Å²) < 4.78 is 2.61. The van der Waals surface area contributed by atoms with Gasteiger partial charge in [0.25, 0.3) is 0 Å². The van der Waals surface area contributed by atoms with Gasteiger partial charge in [0.05, 0.1) is 0 Å². The van der Waals surface area contributed by atoms with E-state index >= 15 is 0 Å². The Morgan fingerprint density at radius 3 is 1.42 bits per heavy atom. The molecule has 0 saturated heterocycles. The van der Waals surface area contributed by atoms with Gasteiger partial charge in [-0.2, -0.15) is 0 Å². The summed E-state index contributed by atoms with van der Waals surface area (Å²) >= 11 is 1.92. The molecule has 3 nitrogen and oxygen atoms in total. The molecule has 264 valence electrons. The SMILES string of the molecule is c1ccc(-c2nc(-c3ccccc3)nc(-c3ccc(-c4c5ccccc5cc5sc6c(ccc7c8ccccc8c8ccccc8c76)c45)c4ccccc34)n2)cc1. The van der Waals surface area contributed by atoms with Crippen molar-refractivity contribution in [1.82, 2.24) is 15.0 Å². The average Bonchev–Trinajstić information content (AvgIpc) is 3.66. The molecule has 0 spiro atoms. The van der Waals surface area contributed by atoms with Gasteiger partial charge in [0, 0.05) is 42.2 Å². The summed E-state index contributed by atoms with van der Waals surface area (Å²) in [4.78, 5) is 15.3. The fourth-order valence-corrected chi connectivity index (χ4v) is 10.3. The lowest BCUT2D eigenvalue weighted by atomic mass is 9.88. The molecule has 2 aromatic heterocycles. The highest BCUT2D eigenvalue weighted by atomic mass is 32.1. The summed E-state index contributed by atoms with van der Waals surface area (Å²) in [5.74, 6) is 1.96. The maximum absolute atomic E-state index is 5.14. The minimum absolute atomic E-state index is 0.653. The predicted octanol–water partition coefficient (Wildman–Crippen LogP) is 14.7. The number of aromatic nitrogens is 3. The lowest BCUT2D eigenvalue weighted by Crippen LogP contribution is -2.00. The molecule has 0 aliphatic heterocycles. The van der Waals surface area contributed by atoms with Crippen molar-refractivity contribution in [3.8, 4) is 45.3 Å². The van der Waals surface area contributed by atoms with Crippen LogP contribution in [0.4, 0.5) is 0 Å². The molecule has 0 N–H and O–H groups in total. The highest BCUT2D eigenvalue weighted by Gasteiger charge is 2.22. The molecule has 0 amide bonds. The smallest absolute Gasteiger partial charge is 0.164 e. The van der Waals surface area contributed by atoms with Crippen molar-refractivity contribution < 1.29 is 0 Å². The Morgan fingerprint density at radius 1 is 0.316 bits per heavy atom. The van der Waals surface area contributed by atoms with Gasteiger partial charge in [-0.25, -0.2) is 15.0 Å². The summed E-state index contributed by atoms with van der Waals surface area (Å²) in [6.45, 7) is 0. The summed E-state index contributed by atoms with van der Waals surface area (Å²) in [7, 11) is 0. The molecule has 0 bridgehead atoms. The zero-order valence-electron chi connectivity index (χ0n) is 30.6. The van der Waals surface area contributed by atoms with Crippen LogP contribution >= 0.6 is 11.3 Å². The lowest BCUT2D eigenvalue weighted by Gasteiger charge is -2.16. The number of fused-ring (bicyclic) bond motifs is 12. The largest absolute Gasteiger partial charge is 0.208 e. The molecular weight excluding hydrogens is 711 g/mol. The van der Waals surface area contributed by atoms with Gasteiger partial charge in [-0.1, -0.05) is 176 Å². The number of rotatable bonds is 4. The van der Waals surface area contributed by atoms with Crippen molar-refractivity contribution in [1.29, 1.82) is 0 Å². The molecule has 0 saturated carbocycles. The first kappa shape index (κ1) is 32.0. The Morgan fingerprint density at radius 2 is 0.772 bits per heavy atom. The molecular formula is C53H31N3S. The fraction of sp³-hybridized carbons (Fsp3) is 0. The molecule has 0 unspecified atom stereocenters. The first-order chi connectivity index (χ1) is 28.3. The summed E-state index contributed by atoms with van der Waals surface area (Å²) in [6, 6.07) is 67.3. The van der Waals surface area contributed by atoms with E-state index in [0.717, 1.165) is 27.5 Å². The van der Waals surface area contributed by atoms with Crippen LogP contribution in [0.1, 0.15) is 0 Å². The zero-order valence-corrected chi connectivity index (χ0v) is 31.5. The van der Waals surface area contributed by atoms with E-state index in [2.05, 4.69) is 152 Å². The van der Waals surface area contributed by atoms with Gasteiger partial charge in [0.1, 0.15) is 0 Å². The third-order valence-electron chi connectivity index (χ3n) is 11.5. The molecule has 12 rings (SSSR count). The number of benzene rings is 10. The van der Waals surface area contributed by atoms with Crippen LogP contribution in [0.15, 0.2) is 188 Å². The quantitative estimate of drug-likeness (QED) is 0.169. The topological polar surface area (TPSA) is 38.7 Å². The predicted molar refractivity (Wildman–Crippen MR) is 242 cm³/mol. The summed E-state index contributed by atoms with van der Waals surface area (Å²) in [6.07, 6.45) is 0. The second kappa shape index (κ2) is 12.6. The van der Waals surface area contributed by atoms with Crippen LogP contribution in [-0.2, 0) is 0 Å². The molecule has 0 fully saturated rings. The Bertz CT molecular complexity index is 3480. The molecule has 0 radical (unpaired) electrons. The Hall–Kier alpha value is -7.27. The molecule has 0 atom stereocenters. The van der Waals surface area contributed by atoms with Gasteiger partial charge in [0.2, 0.25) is 0 Å². The number of hydrogen-bond donors (Lipinski definition) is 0. The van der Waals surface area contributed by atoms with Crippen LogP contribution in [-0.4, -0.2) is 15.0 Å². The van der Waals surface area contributed by atoms with E-state index in [9.17, 15) is 0 Å². The number of nitrogens with zero attached hydrogens (tertiary/aromatic N) is 3. The maximum atomic E-state index is 5.14. The molecule has 2 heterocycles. The van der Waals surface area contributed by atoms with Gasteiger partial charge in [-0.3, -0.25) is 0 Å². The van der Waals surface area contributed by atoms with Gasteiger partial charge in [-0.15, -0.1) is 11.3 Å². The van der Waals surface area contributed by atoms with Gasteiger partial charge in [-0.05, 0) is 71.7 Å². The second-order valence-electron chi connectivity index (χ2n) is 14.6. The number of thiophene rings is 1. The van der Waals surface area contributed by atoms with Crippen LogP contribution in [0, 0.1) is 0 Å². The standard InChI is InChI=1S/C53H31N3S/c1-3-15-32(16-4-1)51-54-52(33-17-5-2-6-18-33)56-53(55-51)44-29-27-42(39-24-11-12-25-40(39)44)47-35-20-8-7-19-34(35)31-46-49(47)45-30-28-43-38-23-10-9-21-36(38)37-22-13-14-26-41(37)48(43)50(45)57-46/h1-31H. The second-order valence-corrected chi connectivity index (χ2v) is 15.7. The highest BCUT2D eigenvalue weighted by Crippen LogP contribution is 2.50. The normalized spacial score (nSPS) is 11.9. The maximum Gasteiger partial charge on any atom is 0.164 e. The minimum Gasteiger partial charge on any atom is -0.208 e. The van der Waals surface area contributed by atoms with Crippen LogP contribution in [0.3, 0.4) is 0 Å². The van der Waals surface area contributed by atoms with E-state index < -0.39 is 0 Å². The fourth-order valence-electron chi connectivity index (χ4n) is 8.97. The van der Waals surface area contributed by atoms with E-state index in [-0.39, 0.29) is 0 Å². The Kier molecular flexibility index (Phi) is 7.10. The van der Waals surface area contributed by atoms with Crippen LogP contribution < -0.4 is 0 Å². The van der Waals surface area contributed by atoms with Crippen molar-refractivity contribution in [2.24, 2.45) is 0 Å². The van der Waals surface area contributed by atoms with E-state index in [4.69, 9.17) is 15.0 Å². The van der Waals surface area contributed by atoms with Crippen molar-refractivity contribution in [3.05, 3.63) is 188 Å². The highest BCUT2D eigenvalue weighted by molar-refractivity contribution is 7.27. The van der Waals surface area contributed by atoms with Gasteiger partial charge in [0.15, 0.2) is 17.5 Å². The average molecular weight is 742 g/mol. The summed E-state index contributed by atoms with van der Waals surface area (Å²) in [5, 5.41) is 15.1. The van der Waals surface area contributed by atoms with Crippen molar-refractivity contribution >= 4 is 85.4 Å². The zero-order chi connectivity index (χ0) is 37.5. The lowest BCUT2D eigenvalue weighted by molar-refractivity contribution is 1.08. The first-order valence-electron chi connectivity index (χ1n) is 19.3. The summed E-state index contributed by atoms with van der Waals surface area (Å²) in [5.41, 5.74) is 5.33. The van der Waals surface area contributed by atoms with Crippen molar-refractivity contribution in [2.45, 2.75) is 0 Å². The van der Waals surface area contributed by atoms with Crippen LogP contribution in [0.5, 0.6) is 0 Å². The molecule has 0 aliphatic rings. The minimum atomic E-state index is 0.653. The van der Waals surface area contributed by atoms with E-state index in [0.29, 0.717) is 17.5 Å². The Balaban J connectivity index is 1.16. The monoisotopic (exact) mass is 741 g/mol. The van der Waals surface area contributed by atoms with E-state index in [1.165, 1.54) is 74.4 Å². The molecule has 12 aromatic rings. The molecule has 57 heavy (non-hydrogen) atoms. The van der Waals surface area contributed by atoms with Gasteiger partial charge >= 0.3 is 0 Å². The van der Waals surface area contributed by atoms with Gasteiger partial charge < -0.3 is 0 Å². The van der Waals surface area contributed by atoms with E-state index in [1.807, 2.05) is 47.7 Å². The third kappa shape index (κ3) is 4.94. The van der Waals surface area contributed by atoms with Crippen LogP contribution in [0.25, 0.3) is 119 Å².